The van der Waals surface area contributed by atoms with Gasteiger partial charge in [0.2, 0.25) is 0 Å². The first kappa shape index (κ1) is 12.9. The third-order valence-corrected chi connectivity index (χ3v) is 5.04. The van der Waals surface area contributed by atoms with E-state index in [4.69, 9.17) is 11.6 Å². The van der Waals surface area contributed by atoms with Gasteiger partial charge in [0.25, 0.3) is 0 Å². The number of hydrogen-bond donors (Lipinski definition) is 0. The summed E-state index contributed by atoms with van der Waals surface area (Å²) in [5.74, 6) is -0.106. The Morgan fingerprint density at radius 1 is 1.28 bits per heavy atom. The van der Waals surface area contributed by atoms with Crippen molar-refractivity contribution in [2.45, 2.75) is 49.7 Å². The fourth-order valence-electron chi connectivity index (χ4n) is 3.33. The second-order valence-electron chi connectivity index (χ2n) is 5.36. The van der Waals surface area contributed by atoms with Gasteiger partial charge in [-0.25, -0.2) is 4.39 Å². The van der Waals surface area contributed by atoms with Crippen molar-refractivity contribution in [3.05, 3.63) is 34.1 Å². The molecule has 3 rings (SSSR count). The molecular formula is C14H16BrClFN. The van der Waals surface area contributed by atoms with Crippen LogP contribution in [0.25, 0.3) is 0 Å². The Bertz CT molecular complexity index is 439. The maximum absolute atomic E-state index is 13.8. The van der Waals surface area contributed by atoms with Gasteiger partial charge in [0.15, 0.2) is 0 Å². The number of alkyl halides is 1. The Kier molecular flexibility index (Phi) is 3.65. The van der Waals surface area contributed by atoms with E-state index in [1.165, 1.54) is 18.9 Å². The quantitative estimate of drug-likeness (QED) is 0.729. The lowest BCUT2D eigenvalue weighted by Crippen LogP contribution is -2.42. The Hall–Kier alpha value is -0.120. The Morgan fingerprint density at radius 2 is 1.94 bits per heavy atom. The predicted molar refractivity (Wildman–Crippen MR) is 75.3 cm³/mol. The zero-order valence-electron chi connectivity index (χ0n) is 10.1. The number of halogens is 3. The average molecular weight is 333 g/mol. The van der Waals surface area contributed by atoms with E-state index in [-0.39, 0.29) is 5.82 Å². The van der Waals surface area contributed by atoms with Gasteiger partial charge in [0, 0.05) is 34.0 Å². The standard InChI is InChI=1S/C14H16BrClFN/c15-10-1-4-14(17)9(5-10)8-18-12-2-3-13(18)7-11(16)6-12/h1,4-5,11-13H,2-3,6-8H2. The molecule has 0 spiro atoms. The predicted octanol–water partition coefficient (Wildman–Crippen LogP) is 4.32. The summed E-state index contributed by atoms with van der Waals surface area (Å²) in [7, 11) is 0. The van der Waals surface area contributed by atoms with Gasteiger partial charge < -0.3 is 0 Å². The molecule has 2 saturated heterocycles. The molecule has 0 aromatic heterocycles. The number of piperidine rings is 1. The second-order valence-corrected chi connectivity index (χ2v) is 6.89. The van der Waals surface area contributed by atoms with Crippen LogP contribution >= 0.6 is 27.5 Å². The van der Waals surface area contributed by atoms with Gasteiger partial charge in [-0.2, -0.15) is 0 Å². The van der Waals surface area contributed by atoms with E-state index < -0.39 is 0 Å². The maximum Gasteiger partial charge on any atom is 0.127 e. The van der Waals surface area contributed by atoms with Gasteiger partial charge in [0.05, 0.1) is 0 Å². The fourth-order valence-corrected chi connectivity index (χ4v) is 4.15. The molecule has 4 heteroatoms. The Labute approximate surface area is 120 Å². The van der Waals surface area contributed by atoms with Gasteiger partial charge in [-0.3, -0.25) is 4.90 Å². The molecule has 2 unspecified atom stereocenters. The minimum absolute atomic E-state index is 0.106. The summed E-state index contributed by atoms with van der Waals surface area (Å²) < 4.78 is 14.7. The largest absolute Gasteiger partial charge is 0.293 e. The van der Waals surface area contributed by atoms with E-state index in [0.29, 0.717) is 24.0 Å². The van der Waals surface area contributed by atoms with E-state index in [1.807, 2.05) is 6.07 Å². The molecule has 2 atom stereocenters. The molecule has 2 aliphatic rings. The second kappa shape index (κ2) is 5.10. The summed E-state index contributed by atoms with van der Waals surface area (Å²) in [5.41, 5.74) is 0.786. The Balaban J connectivity index is 1.79. The summed E-state index contributed by atoms with van der Waals surface area (Å²) >= 11 is 9.67. The molecule has 2 heterocycles. The average Bonchev–Trinajstić information content (AvgIpc) is 2.57. The van der Waals surface area contributed by atoms with Gasteiger partial charge >= 0.3 is 0 Å². The molecule has 1 aromatic carbocycles. The summed E-state index contributed by atoms with van der Waals surface area (Å²) in [6, 6.07) is 6.27. The lowest BCUT2D eigenvalue weighted by atomic mass is 10.0. The highest BCUT2D eigenvalue weighted by molar-refractivity contribution is 9.10. The van der Waals surface area contributed by atoms with Crippen molar-refractivity contribution in [3.8, 4) is 0 Å². The van der Waals surface area contributed by atoms with Gasteiger partial charge in [-0.1, -0.05) is 15.9 Å². The summed E-state index contributed by atoms with van der Waals surface area (Å²) in [5, 5.41) is 0.311. The van der Waals surface area contributed by atoms with Crippen LogP contribution in [0, 0.1) is 5.82 Å². The molecule has 1 aromatic rings. The van der Waals surface area contributed by atoms with Crippen LogP contribution in [0.15, 0.2) is 22.7 Å². The first-order valence-corrected chi connectivity index (χ1v) is 7.70. The summed E-state index contributed by atoms with van der Waals surface area (Å²) in [4.78, 5) is 2.45. The summed E-state index contributed by atoms with van der Waals surface area (Å²) in [6.45, 7) is 0.713. The van der Waals surface area contributed by atoms with E-state index in [9.17, 15) is 4.39 Å². The first-order chi connectivity index (χ1) is 8.63. The van der Waals surface area contributed by atoms with E-state index in [0.717, 1.165) is 22.9 Å². The topological polar surface area (TPSA) is 3.24 Å². The maximum atomic E-state index is 13.8. The minimum Gasteiger partial charge on any atom is -0.293 e. The first-order valence-electron chi connectivity index (χ1n) is 6.47. The highest BCUT2D eigenvalue weighted by Gasteiger charge is 2.40. The number of rotatable bonds is 2. The fraction of sp³-hybridized carbons (Fsp3) is 0.571. The molecule has 0 N–H and O–H groups in total. The van der Waals surface area contributed by atoms with Gasteiger partial charge in [-0.05, 0) is 43.9 Å². The zero-order valence-corrected chi connectivity index (χ0v) is 12.4. The van der Waals surface area contributed by atoms with Crippen LogP contribution in [-0.2, 0) is 6.54 Å². The van der Waals surface area contributed by atoms with Crippen molar-refractivity contribution >= 4 is 27.5 Å². The normalized spacial score (nSPS) is 31.8. The molecule has 2 bridgehead atoms. The van der Waals surface area contributed by atoms with Crippen LogP contribution < -0.4 is 0 Å². The van der Waals surface area contributed by atoms with Crippen molar-refractivity contribution in [1.82, 2.24) is 4.90 Å². The third kappa shape index (κ3) is 2.45. The molecular weight excluding hydrogens is 317 g/mol. The lowest BCUT2D eigenvalue weighted by Gasteiger charge is -2.37. The van der Waals surface area contributed by atoms with Crippen LogP contribution in [-0.4, -0.2) is 22.4 Å². The van der Waals surface area contributed by atoms with Gasteiger partial charge in [0.1, 0.15) is 5.82 Å². The summed E-state index contributed by atoms with van der Waals surface area (Å²) in [6.07, 6.45) is 4.52. The van der Waals surface area contributed by atoms with E-state index >= 15 is 0 Å². The molecule has 0 saturated carbocycles. The van der Waals surface area contributed by atoms with Crippen LogP contribution in [0.5, 0.6) is 0 Å². The molecule has 18 heavy (non-hydrogen) atoms. The molecule has 0 radical (unpaired) electrons. The molecule has 0 aliphatic carbocycles. The van der Waals surface area contributed by atoms with Crippen molar-refractivity contribution in [1.29, 1.82) is 0 Å². The third-order valence-electron chi connectivity index (χ3n) is 4.19. The smallest absolute Gasteiger partial charge is 0.127 e. The van der Waals surface area contributed by atoms with Crippen molar-refractivity contribution < 1.29 is 4.39 Å². The number of benzene rings is 1. The molecule has 2 fully saturated rings. The zero-order chi connectivity index (χ0) is 12.7. The molecule has 0 amide bonds. The highest BCUT2D eigenvalue weighted by atomic mass is 79.9. The van der Waals surface area contributed by atoms with Crippen LogP contribution in [0.4, 0.5) is 4.39 Å². The SMILES string of the molecule is Fc1ccc(Br)cc1CN1C2CCC1CC(Cl)C2. The van der Waals surface area contributed by atoms with E-state index in [1.54, 1.807) is 6.07 Å². The van der Waals surface area contributed by atoms with Crippen LogP contribution in [0.3, 0.4) is 0 Å². The number of fused-ring (bicyclic) bond motifs is 2. The van der Waals surface area contributed by atoms with Crippen LogP contribution in [0.2, 0.25) is 0 Å². The molecule has 2 aliphatic heterocycles. The Morgan fingerprint density at radius 3 is 2.61 bits per heavy atom. The van der Waals surface area contributed by atoms with E-state index in [2.05, 4.69) is 20.8 Å². The highest BCUT2D eigenvalue weighted by Crippen LogP contribution is 2.39. The molecule has 98 valence electrons. The van der Waals surface area contributed by atoms with Crippen LogP contribution in [0.1, 0.15) is 31.2 Å². The number of hydrogen-bond acceptors (Lipinski definition) is 1. The monoisotopic (exact) mass is 331 g/mol. The van der Waals surface area contributed by atoms with Crippen molar-refractivity contribution in [2.24, 2.45) is 0 Å². The molecule has 1 nitrogen and oxygen atoms in total. The van der Waals surface area contributed by atoms with Crippen molar-refractivity contribution in [3.63, 3.8) is 0 Å². The minimum atomic E-state index is -0.106. The van der Waals surface area contributed by atoms with Gasteiger partial charge in [-0.15, -0.1) is 11.6 Å². The number of nitrogens with zero attached hydrogens (tertiary/aromatic N) is 1. The lowest BCUT2D eigenvalue weighted by molar-refractivity contribution is 0.133. The van der Waals surface area contributed by atoms with Crippen molar-refractivity contribution in [2.75, 3.05) is 0 Å².